The molecular weight excluding hydrogens is 378 g/mol. The number of amides is 2. The largest absolute Gasteiger partial charge is 0.497 e. The van der Waals surface area contributed by atoms with Gasteiger partial charge in [-0.2, -0.15) is 0 Å². The first-order chi connectivity index (χ1) is 13.5. The van der Waals surface area contributed by atoms with E-state index in [1.807, 2.05) is 0 Å². The third kappa shape index (κ3) is 4.47. The van der Waals surface area contributed by atoms with Crippen molar-refractivity contribution >= 4 is 34.5 Å². The number of thiazole rings is 1. The minimum absolute atomic E-state index is 0.216. The zero-order valence-corrected chi connectivity index (χ0v) is 16.4. The van der Waals surface area contributed by atoms with E-state index in [4.69, 9.17) is 9.47 Å². The first-order valence-electron chi connectivity index (χ1n) is 8.38. The van der Waals surface area contributed by atoms with Crippen molar-refractivity contribution in [2.75, 3.05) is 24.9 Å². The number of hydrogen-bond acceptors (Lipinski definition) is 6. The Morgan fingerprint density at radius 2 is 1.29 bits per heavy atom. The molecule has 0 aliphatic rings. The summed E-state index contributed by atoms with van der Waals surface area (Å²) in [5.41, 5.74) is 1.74. The van der Waals surface area contributed by atoms with Crippen LogP contribution >= 0.6 is 11.3 Å². The zero-order valence-electron chi connectivity index (χ0n) is 15.6. The second kappa shape index (κ2) is 8.53. The molecule has 0 unspecified atom stereocenters. The fraction of sp³-hybridized carbons (Fsp3) is 0.150. The molecule has 3 aromatic rings. The highest BCUT2D eigenvalue weighted by molar-refractivity contribution is 7.15. The second-order valence-electron chi connectivity index (χ2n) is 5.80. The van der Waals surface area contributed by atoms with Gasteiger partial charge in [0.1, 0.15) is 16.4 Å². The van der Waals surface area contributed by atoms with E-state index < -0.39 is 0 Å². The highest BCUT2D eigenvalue weighted by atomic mass is 32.1. The molecule has 2 amide bonds. The summed E-state index contributed by atoms with van der Waals surface area (Å²) in [6.07, 6.45) is 0. The van der Waals surface area contributed by atoms with Gasteiger partial charge in [0.25, 0.3) is 11.8 Å². The van der Waals surface area contributed by atoms with Gasteiger partial charge in [-0.25, -0.2) is 4.98 Å². The molecule has 0 radical (unpaired) electrons. The molecule has 7 nitrogen and oxygen atoms in total. The highest BCUT2D eigenvalue weighted by Crippen LogP contribution is 2.23. The number of carbonyl (C=O) groups excluding carboxylic acids is 2. The summed E-state index contributed by atoms with van der Waals surface area (Å²) in [4.78, 5) is 29.6. The fourth-order valence-corrected chi connectivity index (χ4v) is 3.28. The minimum atomic E-state index is -0.373. The van der Waals surface area contributed by atoms with Crippen LogP contribution in [0.2, 0.25) is 0 Å². The summed E-state index contributed by atoms with van der Waals surface area (Å²) in [6.45, 7) is 1.70. The maximum absolute atomic E-state index is 12.5. The lowest BCUT2D eigenvalue weighted by Crippen LogP contribution is -2.11. The number of aromatic nitrogens is 1. The van der Waals surface area contributed by atoms with E-state index in [0.29, 0.717) is 33.4 Å². The number of aryl methyl sites for hydroxylation is 1. The smallest absolute Gasteiger partial charge is 0.284 e. The number of nitrogens with zero attached hydrogens (tertiary/aromatic N) is 1. The van der Waals surface area contributed by atoms with Gasteiger partial charge in [0, 0.05) is 11.4 Å². The van der Waals surface area contributed by atoms with Gasteiger partial charge in [0.2, 0.25) is 0 Å². The first-order valence-corrected chi connectivity index (χ1v) is 9.20. The molecule has 1 aromatic heterocycles. The quantitative estimate of drug-likeness (QED) is 0.657. The number of ether oxygens (including phenoxy) is 2. The molecule has 0 aliphatic heterocycles. The number of nitrogens with one attached hydrogen (secondary N) is 2. The van der Waals surface area contributed by atoms with Gasteiger partial charge in [0.05, 0.1) is 19.9 Å². The summed E-state index contributed by atoms with van der Waals surface area (Å²) < 4.78 is 10.2. The second-order valence-corrected chi connectivity index (χ2v) is 6.80. The Balaban J connectivity index is 1.70. The van der Waals surface area contributed by atoms with Crippen LogP contribution in [0, 0.1) is 6.92 Å². The van der Waals surface area contributed by atoms with Crippen molar-refractivity contribution in [3.63, 3.8) is 0 Å². The fourth-order valence-electron chi connectivity index (χ4n) is 2.43. The lowest BCUT2D eigenvalue weighted by molar-refractivity contribution is 0.102. The average Bonchev–Trinajstić information content (AvgIpc) is 3.11. The van der Waals surface area contributed by atoms with Gasteiger partial charge in [-0.05, 0) is 55.5 Å². The summed E-state index contributed by atoms with van der Waals surface area (Å²) in [5, 5.41) is 5.77. The average molecular weight is 397 g/mol. The number of carbonyl (C=O) groups is 2. The van der Waals surface area contributed by atoms with E-state index in [1.165, 1.54) is 0 Å². The summed E-state index contributed by atoms with van der Waals surface area (Å²) in [6, 6.07) is 13.9. The Hall–Kier alpha value is -3.39. The molecule has 2 N–H and O–H groups in total. The van der Waals surface area contributed by atoms with Crippen LogP contribution < -0.4 is 20.1 Å². The third-order valence-corrected chi connectivity index (χ3v) is 5.05. The van der Waals surface area contributed by atoms with E-state index in [9.17, 15) is 9.59 Å². The van der Waals surface area contributed by atoms with E-state index in [-0.39, 0.29) is 16.8 Å². The summed E-state index contributed by atoms with van der Waals surface area (Å²) in [7, 11) is 3.15. The summed E-state index contributed by atoms with van der Waals surface area (Å²) >= 11 is 1.04. The Kier molecular flexibility index (Phi) is 5.90. The van der Waals surface area contributed by atoms with Crippen molar-refractivity contribution in [2.24, 2.45) is 0 Å². The van der Waals surface area contributed by atoms with Gasteiger partial charge in [-0.3, -0.25) is 9.59 Å². The maximum atomic E-state index is 12.5. The molecule has 2 aromatic carbocycles. The van der Waals surface area contributed by atoms with Crippen molar-refractivity contribution < 1.29 is 19.1 Å². The number of rotatable bonds is 6. The maximum Gasteiger partial charge on any atom is 0.284 e. The van der Waals surface area contributed by atoms with Crippen LogP contribution in [-0.4, -0.2) is 31.0 Å². The van der Waals surface area contributed by atoms with Crippen molar-refractivity contribution in [1.82, 2.24) is 4.98 Å². The van der Waals surface area contributed by atoms with Crippen molar-refractivity contribution in [1.29, 1.82) is 0 Å². The number of benzene rings is 2. The van der Waals surface area contributed by atoms with Crippen molar-refractivity contribution in [3.05, 3.63) is 64.1 Å². The highest BCUT2D eigenvalue weighted by Gasteiger charge is 2.19. The van der Waals surface area contributed by atoms with Crippen LogP contribution in [0.5, 0.6) is 11.5 Å². The normalized spacial score (nSPS) is 10.2. The monoisotopic (exact) mass is 397 g/mol. The Labute approximate surface area is 166 Å². The molecule has 0 bridgehead atoms. The molecule has 8 heteroatoms. The number of methoxy groups -OCH3 is 2. The predicted molar refractivity (Wildman–Crippen MR) is 109 cm³/mol. The third-order valence-electron chi connectivity index (χ3n) is 3.89. The molecule has 1 heterocycles. The van der Waals surface area contributed by atoms with Crippen LogP contribution in [0.25, 0.3) is 0 Å². The lowest BCUT2D eigenvalue weighted by atomic mass is 10.3. The molecular formula is C20H19N3O4S. The van der Waals surface area contributed by atoms with E-state index >= 15 is 0 Å². The van der Waals surface area contributed by atoms with E-state index in [1.54, 1.807) is 69.7 Å². The van der Waals surface area contributed by atoms with Crippen molar-refractivity contribution in [2.45, 2.75) is 6.92 Å². The van der Waals surface area contributed by atoms with Crippen LogP contribution in [0.3, 0.4) is 0 Å². The molecule has 28 heavy (non-hydrogen) atoms. The number of anilines is 2. The van der Waals surface area contributed by atoms with Gasteiger partial charge < -0.3 is 20.1 Å². The molecule has 0 fully saturated rings. The van der Waals surface area contributed by atoms with Crippen molar-refractivity contribution in [3.8, 4) is 11.5 Å². The molecule has 144 valence electrons. The van der Waals surface area contributed by atoms with Gasteiger partial charge >= 0.3 is 0 Å². The van der Waals surface area contributed by atoms with Gasteiger partial charge in [-0.1, -0.05) is 0 Å². The zero-order chi connectivity index (χ0) is 20.1. The predicted octanol–water partition coefficient (Wildman–Crippen LogP) is 3.97. The Bertz CT molecular complexity index is 982. The Morgan fingerprint density at radius 1 is 0.821 bits per heavy atom. The van der Waals surface area contributed by atoms with Crippen LogP contribution in [-0.2, 0) is 0 Å². The molecule has 0 spiro atoms. The lowest BCUT2D eigenvalue weighted by Gasteiger charge is -2.05. The Morgan fingerprint density at radius 3 is 1.75 bits per heavy atom. The molecule has 0 saturated carbocycles. The van der Waals surface area contributed by atoms with Crippen LogP contribution in [0.1, 0.15) is 25.2 Å². The van der Waals surface area contributed by atoms with E-state index in [2.05, 4.69) is 15.6 Å². The van der Waals surface area contributed by atoms with Gasteiger partial charge in [0.15, 0.2) is 5.01 Å². The molecule has 0 aliphatic carbocycles. The molecule has 3 rings (SSSR count). The summed E-state index contributed by atoms with van der Waals surface area (Å²) in [5.74, 6) is 0.704. The SMILES string of the molecule is COc1ccc(NC(=O)c2nc(C)c(C(=O)Nc3ccc(OC)cc3)s2)cc1. The molecule has 0 atom stereocenters. The standard InChI is InChI=1S/C20H19N3O4S/c1-12-17(18(24)22-13-4-8-15(26-2)9-5-13)28-20(21-12)19(25)23-14-6-10-16(27-3)11-7-14/h4-11H,1-3H3,(H,22,24)(H,23,25). The first kappa shape index (κ1) is 19.4. The van der Waals surface area contributed by atoms with Crippen LogP contribution in [0.15, 0.2) is 48.5 Å². The van der Waals surface area contributed by atoms with Gasteiger partial charge in [-0.15, -0.1) is 11.3 Å². The van der Waals surface area contributed by atoms with Crippen LogP contribution in [0.4, 0.5) is 11.4 Å². The molecule has 0 saturated heterocycles. The number of hydrogen-bond donors (Lipinski definition) is 2. The topological polar surface area (TPSA) is 89.5 Å². The van der Waals surface area contributed by atoms with E-state index in [0.717, 1.165) is 11.3 Å². The minimum Gasteiger partial charge on any atom is -0.497 e.